The molecule has 0 spiro atoms. The number of amides is 1. The van der Waals surface area contributed by atoms with Crippen molar-refractivity contribution in [1.29, 1.82) is 0 Å². The minimum atomic E-state index is 0. The van der Waals surface area contributed by atoms with Crippen LogP contribution < -0.4 is 10.6 Å². The molecule has 0 radical (unpaired) electrons. The van der Waals surface area contributed by atoms with Crippen LogP contribution in [0.5, 0.6) is 0 Å². The number of benzene rings is 1. The van der Waals surface area contributed by atoms with Crippen molar-refractivity contribution in [3.63, 3.8) is 0 Å². The zero-order valence-electron chi connectivity index (χ0n) is 10.9. The van der Waals surface area contributed by atoms with Crippen molar-refractivity contribution in [3.8, 4) is 0 Å². The highest BCUT2D eigenvalue weighted by Gasteiger charge is 2.28. The lowest BCUT2D eigenvalue weighted by Crippen LogP contribution is -2.48. The van der Waals surface area contributed by atoms with Crippen LogP contribution in [0.2, 0.25) is 5.02 Å². The lowest BCUT2D eigenvalue weighted by molar-refractivity contribution is -0.121. The standard InChI is InChI=1S/C13H17ClN2OS.ClH/c1-8(9-6-15-7-9)13(17)16-10-3-4-12(18-2)11(14)5-10;/h3-5,8-9,15H,6-7H2,1-2H3,(H,16,17);1H. The van der Waals surface area contributed by atoms with Crippen LogP contribution >= 0.6 is 35.8 Å². The smallest absolute Gasteiger partial charge is 0.227 e. The first-order valence-corrected chi connectivity index (χ1v) is 7.57. The Kier molecular flexibility index (Phi) is 6.47. The van der Waals surface area contributed by atoms with Crippen LogP contribution in [0.25, 0.3) is 0 Å². The maximum Gasteiger partial charge on any atom is 0.227 e. The summed E-state index contributed by atoms with van der Waals surface area (Å²) in [4.78, 5) is 13.0. The number of halogens is 2. The van der Waals surface area contributed by atoms with Gasteiger partial charge in [-0.2, -0.15) is 0 Å². The van der Waals surface area contributed by atoms with Crippen LogP contribution in [0.3, 0.4) is 0 Å². The molecule has 1 aromatic rings. The summed E-state index contributed by atoms with van der Waals surface area (Å²) in [5.74, 6) is 0.547. The van der Waals surface area contributed by atoms with E-state index in [2.05, 4.69) is 10.6 Å². The number of carbonyl (C=O) groups excluding carboxylic acids is 1. The SMILES string of the molecule is CSc1ccc(NC(=O)C(C)C2CNC2)cc1Cl.Cl. The Morgan fingerprint density at radius 1 is 1.53 bits per heavy atom. The fourth-order valence-electron chi connectivity index (χ4n) is 1.88. The summed E-state index contributed by atoms with van der Waals surface area (Å²) in [7, 11) is 0. The van der Waals surface area contributed by atoms with Gasteiger partial charge in [-0.1, -0.05) is 18.5 Å². The van der Waals surface area contributed by atoms with Gasteiger partial charge in [-0.15, -0.1) is 24.2 Å². The molecule has 1 aromatic carbocycles. The van der Waals surface area contributed by atoms with E-state index in [0.29, 0.717) is 10.9 Å². The van der Waals surface area contributed by atoms with Crippen molar-refractivity contribution in [2.75, 3.05) is 24.7 Å². The largest absolute Gasteiger partial charge is 0.326 e. The van der Waals surface area contributed by atoms with Crippen LogP contribution in [-0.4, -0.2) is 25.3 Å². The highest BCUT2D eigenvalue weighted by molar-refractivity contribution is 7.98. The van der Waals surface area contributed by atoms with Gasteiger partial charge in [0, 0.05) is 16.5 Å². The summed E-state index contributed by atoms with van der Waals surface area (Å²) in [6, 6.07) is 5.62. The predicted molar refractivity (Wildman–Crippen MR) is 84.6 cm³/mol. The average molecular weight is 321 g/mol. The maximum atomic E-state index is 12.0. The van der Waals surface area contributed by atoms with E-state index in [1.165, 1.54) is 0 Å². The zero-order chi connectivity index (χ0) is 13.1. The topological polar surface area (TPSA) is 41.1 Å². The van der Waals surface area contributed by atoms with Gasteiger partial charge in [0.1, 0.15) is 0 Å². The molecule has 1 aliphatic rings. The van der Waals surface area contributed by atoms with Crippen LogP contribution in [-0.2, 0) is 4.79 Å². The lowest BCUT2D eigenvalue weighted by Gasteiger charge is -2.31. The number of anilines is 1. The number of nitrogens with one attached hydrogen (secondary N) is 2. The van der Waals surface area contributed by atoms with Crippen molar-refractivity contribution in [3.05, 3.63) is 23.2 Å². The number of hydrogen-bond donors (Lipinski definition) is 2. The quantitative estimate of drug-likeness (QED) is 0.836. The van der Waals surface area contributed by atoms with Gasteiger partial charge in [0.05, 0.1) is 5.02 Å². The molecular weight excluding hydrogens is 303 g/mol. The Morgan fingerprint density at radius 2 is 2.21 bits per heavy atom. The third-order valence-corrected chi connectivity index (χ3v) is 4.57. The molecule has 3 nitrogen and oxygen atoms in total. The van der Waals surface area contributed by atoms with Crippen LogP contribution in [0.4, 0.5) is 5.69 Å². The van der Waals surface area contributed by atoms with Crippen molar-refractivity contribution in [1.82, 2.24) is 5.32 Å². The Labute approximate surface area is 129 Å². The fraction of sp³-hybridized carbons (Fsp3) is 0.462. The van der Waals surface area contributed by atoms with Gasteiger partial charge in [0.15, 0.2) is 0 Å². The Balaban J connectivity index is 0.00000180. The van der Waals surface area contributed by atoms with E-state index in [0.717, 1.165) is 23.7 Å². The molecule has 0 saturated carbocycles. The minimum absolute atomic E-state index is 0. The van der Waals surface area contributed by atoms with Crippen molar-refractivity contribution in [2.24, 2.45) is 11.8 Å². The minimum Gasteiger partial charge on any atom is -0.326 e. The summed E-state index contributed by atoms with van der Waals surface area (Å²) in [5.41, 5.74) is 0.766. The first-order valence-electron chi connectivity index (χ1n) is 5.97. The zero-order valence-corrected chi connectivity index (χ0v) is 13.3. The molecule has 1 unspecified atom stereocenters. The second-order valence-corrected chi connectivity index (χ2v) is 5.80. The third-order valence-electron chi connectivity index (χ3n) is 3.35. The molecule has 2 N–H and O–H groups in total. The van der Waals surface area contributed by atoms with E-state index in [9.17, 15) is 4.79 Å². The summed E-state index contributed by atoms with van der Waals surface area (Å²) < 4.78 is 0. The van der Waals surface area contributed by atoms with Gasteiger partial charge < -0.3 is 10.6 Å². The summed E-state index contributed by atoms with van der Waals surface area (Å²) in [6.07, 6.45) is 1.98. The molecule has 1 aliphatic heterocycles. The molecule has 1 amide bonds. The fourth-order valence-corrected chi connectivity index (χ4v) is 2.75. The number of thioether (sulfide) groups is 1. The molecule has 0 aliphatic carbocycles. The second kappa shape index (κ2) is 7.39. The Bertz CT molecular complexity index is 452. The van der Waals surface area contributed by atoms with Crippen molar-refractivity contribution < 1.29 is 4.79 Å². The Morgan fingerprint density at radius 3 is 2.68 bits per heavy atom. The van der Waals surface area contributed by atoms with Gasteiger partial charge in [0.25, 0.3) is 0 Å². The molecule has 1 heterocycles. The summed E-state index contributed by atoms with van der Waals surface area (Å²) >= 11 is 7.71. The number of carbonyl (C=O) groups is 1. The number of hydrogen-bond acceptors (Lipinski definition) is 3. The molecule has 0 aromatic heterocycles. The average Bonchev–Trinajstić information content (AvgIpc) is 2.26. The van der Waals surface area contributed by atoms with E-state index in [-0.39, 0.29) is 24.2 Å². The highest BCUT2D eigenvalue weighted by atomic mass is 35.5. The van der Waals surface area contributed by atoms with E-state index in [4.69, 9.17) is 11.6 Å². The molecular formula is C13H18Cl2N2OS. The molecule has 1 saturated heterocycles. The molecule has 6 heteroatoms. The molecule has 1 atom stereocenters. The monoisotopic (exact) mass is 320 g/mol. The second-order valence-electron chi connectivity index (χ2n) is 4.55. The lowest BCUT2D eigenvalue weighted by atomic mass is 9.88. The van der Waals surface area contributed by atoms with Crippen LogP contribution in [0.1, 0.15) is 6.92 Å². The van der Waals surface area contributed by atoms with Gasteiger partial charge in [0.2, 0.25) is 5.91 Å². The van der Waals surface area contributed by atoms with E-state index in [1.54, 1.807) is 17.8 Å². The molecule has 1 fully saturated rings. The summed E-state index contributed by atoms with van der Waals surface area (Å²) in [6.45, 7) is 3.83. The van der Waals surface area contributed by atoms with E-state index in [1.807, 2.05) is 25.3 Å². The van der Waals surface area contributed by atoms with Gasteiger partial charge in [-0.05, 0) is 43.5 Å². The van der Waals surface area contributed by atoms with Crippen LogP contribution in [0.15, 0.2) is 23.1 Å². The third kappa shape index (κ3) is 4.02. The van der Waals surface area contributed by atoms with E-state index < -0.39 is 0 Å². The number of rotatable bonds is 4. The van der Waals surface area contributed by atoms with Crippen molar-refractivity contribution >= 4 is 47.4 Å². The van der Waals surface area contributed by atoms with Gasteiger partial charge in [-0.3, -0.25) is 4.79 Å². The predicted octanol–water partition coefficient (Wildman–Crippen LogP) is 3.28. The summed E-state index contributed by atoms with van der Waals surface area (Å²) in [5, 5.41) is 6.78. The highest BCUT2D eigenvalue weighted by Crippen LogP contribution is 2.28. The van der Waals surface area contributed by atoms with Crippen molar-refractivity contribution in [2.45, 2.75) is 11.8 Å². The van der Waals surface area contributed by atoms with Gasteiger partial charge in [-0.25, -0.2) is 0 Å². The molecule has 106 valence electrons. The first kappa shape index (κ1) is 16.6. The molecule has 2 rings (SSSR count). The maximum absolute atomic E-state index is 12.0. The Hall–Kier alpha value is -0.420. The first-order chi connectivity index (χ1) is 8.61. The van der Waals surface area contributed by atoms with E-state index >= 15 is 0 Å². The normalized spacial score (nSPS) is 16.2. The molecule has 0 bridgehead atoms. The molecule has 19 heavy (non-hydrogen) atoms. The van der Waals surface area contributed by atoms with Gasteiger partial charge >= 0.3 is 0 Å². The van der Waals surface area contributed by atoms with Crippen LogP contribution in [0, 0.1) is 11.8 Å².